The lowest BCUT2D eigenvalue weighted by molar-refractivity contribution is -0.340. The van der Waals surface area contributed by atoms with Gasteiger partial charge in [-0.2, -0.15) is 26.3 Å². The van der Waals surface area contributed by atoms with Crippen molar-refractivity contribution >= 4 is 22.7 Å². The summed E-state index contributed by atoms with van der Waals surface area (Å²) in [7, 11) is 0. The molecule has 8 N–H and O–H groups in total. The molecule has 2 rings (SSSR count). The van der Waals surface area contributed by atoms with E-state index in [0.717, 1.165) is 24.3 Å². The number of nitrogen functional groups attached to an aromatic ring is 4. The minimum absolute atomic E-state index is 0.0645. The zero-order valence-corrected chi connectivity index (χ0v) is 14.0. The van der Waals surface area contributed by atoms with E-state index in [0.29, 0.717) is 0 Å². The lowest BCUT2D eigenvalue weighted by Crippen LogP contribution is -2.53. The van der Waals surface area contributed by atoms with Gasteiger partial charge in [0.05, 0.1) is 22.7 Å². The molecule has 0 saturated heterocycles. The van der Waals surface area contributed by atoms with E-state index in [4.69, 9.17) is 22.9 Å². The van der Waals surface area contributed by atoms with E-state index in [9.17, 15) is 26.3 Å². The minimum Gasteiger partial charge on any atom is -0.397 e. The molecule has 0 aliphatic rings. The number of anilines is 4. The highest BCUT2D eigenvalue weighted by atomic mass is 19.4. The van der Waals surface area contributed by atoms with Gasteiger partial charge in [0.2, 0.25) is 0 Å². The lowest BCUT2D eigenvalue weighted by atomic mass is 9.75. The molecule has 0 aliphatic heterocycles. The van der Waals surface area contributed by atoms with E-state index < -0.39 is 30.6 Å². The van der Waals surface area contributed by atoms with Crippen molar-refractivity contribution in [2.75, 3.05) is 22.9 Å². The van der Waals surface area contributed by atoms with Crippen molar-refractivity contribution in [1.82, 2.24) is 0 Å². The number of nitrogens with two attached hydrogens (primary N) is 4. The van der Waals surface area contributed by atoms with Crippen LogP contribution in [-0.2, 0) is 12.8 Å². The van der Waals surface area contributed by atoms with Crippen LogP contribution in [0, 0.1) is 5.41 Å². The second-order valence-electron chi connectivity index (χ2n) is 6.36. The van der Waals surface area contributed by atoms with Crippen molar-refractivity contribution < 1.29 is 26.3 Å². The molecule has 0 saturated carbocycles. The standard InChI is InChI=1S/C17H18F6N4/c18-16(19,20)15(17(21,22)23,7-9-1-3-11(24)13(26)5-9)8-10-2-4-12(25)14(27)6-10/h1-6H,7-8,24-27H2. The van der Waals surface area contributed by atoms with Crippen LogP contribution in [0.2, 0.25) is 0 Å². The van der Waals surface area contributed by atoms with Crippen LogP contribution >= 0.6 is 0 Å². The topological polar surface area (TPSA) is 104 Å². The first-order valence-electron chi connectivity index (χ1n) is 7.68. The Morgan fingerprint density at radius 1 is 0.556 bits per heavy atom. The molecule has 0 spiro atoms. The van der Waals surface area contributed by atoms with Crippen molar-refractivity contribution in [2.24, 2.45) is 5.41 Å². The normalized spacial score (nSPS) is 13.0. The number of hydrogen-bond donors (Lipinski definition) is 4. The van der Waals surface area contributed by atoms with Gasteiger partial charge >= 0.3 is 12.4 Å². The molecule has 0 bridgehead atoms. The summed E-state index contributed by atoms with van der Waals surface area (Å²) in [6.07, 6.45) is -13.9. The Bertz CT molecular complexity index is 760. The fourth-order valence-electron chi connectivity index (χ4n) is 2.79. The van der Waals surface area contributed by atoms with E-state index in [1.165, 1.54) is 12.1 Å². The van der Waals surface area contributed by atoms with Gasteiger partial charge in [0.25, 0.3) is 0 Å². The van der Waals surface area contributed by atoms with E-state index in [1.54, 1.807) is 0 Å². The highest BCUT2D eigenvalue weighted by Crippen LogP contribution is 2.54. The minimum atomic E-state index is -5.59. The molecule has 0 radical (unpaired) electrons. The third kappa shape index (κ3) is 3.99. The third-order valence-corrected chi connectivity index (χ3v) is 4.40. The first kappa shape index (κ1) is 20.5. The van der Waals surface area contributed by atoms with Crippen molar-refractivity contribution in [1.29, 1.82) is 0 Å². The molecule has 2 aromatic rings. The van der Waals surface area contributed by atoms with Crippen LogP contribution in [0.5, 0.6) is 0 Å². The van der Waals surface area contributed by atoms with E-state index in [1.807, 2.05) is 0 Å². The number of rotatable bonds is 4. The maximum atomic E-state index is 13.8. The van der Waals surface area contributed by atoms with Crippen LogP contribution in [0.15, 0.2) is 36.4 Å². The summed E-state index contributed by atoms with van der Waals surface area (Å²) >= 11 is 0. The third-order valence-electron chi connectivity index (χ3n) is 4.40. The van der Waals surface area contributed by atoms with Crippen molar-refractivity contribution in [3.63, 3.8) is 0 Å². The molecule has 0 fully saturated rings. The fourth-order valence-corrected chi connectivity index (χ4v) is 2.79. The predicted molar refractivity (Wildman–Crippen MR) is 92.5 cm³/mol. The van der Waals surface area contributed by atoms with Crippen LogP contribution in [0.4, 0.5) is 49.1 Å². The first-order valence-corrected chi connectivity index (χ1v) is 7.68. The van der Waals surface area contributed by atoms with Gasteiger partial charge in [-0.3, -0.25) is 0 Å². The summed E-state index contributed by atoms with van der Waals surface area (Å²) in [6.45, 7) is 0. The molecule has 148 valence electrons. The second kappa shape index (κ2) is 6.75. The van der Waals surface area contributed by atoms with Gasteiger partial charge in [-0.15, -0.1) is 0 Å². The van der Waals surface area contributed by atoms with Crippen LogP contribution in [-0.4, -0.2) is 12.4 Å². The van der Waals surface area contributed by atoms with Crippen molar-refractivity contribution in [3.8, 4) is 0 Å². The van der Waals surface area contributed by atoms with Crippen LogP contribution < -0.4 is 22.9 Å². The van der Waals surface area contributed by atoms with Gasteiger partial charge in [-0.25, -0.2) is 0 Å². The Hall–Kier alpha value is -2.78. The summed E-state index contributed by atoms with van der Waals surface area (Å²) in [5.74, 6) is 0. The molecule has 2 aromatic carbocycles. The second-order valence-corrected chi connectivity index (χ2v) is 6.36. The molecule has 0 aromatic heterocycles. The Morgan fingerprint density at radius 2 is 0.889 bits per heavy atom. The summed E-state index contributed by atoms with van der Waals surface area (Å²) in [4.78, 5) is 0. The summed E-state index contributed by atoms with van der Waals surface area (Å²) in [5, 5.41) is 0. The molecule has 0 amide bonds. The molecule has 0 heterocycles. The summed E-state index contributed by atoms with van der Waals surface area (Å²) in [5.41, 5.74) is 17.5. The lowest BCUT2D eigenvalue weighted by Gasteiger charge is -2.38. The average molecular weight is 392 g/mol. The van der Waals surface area contributed by atoms with E-state index in [2.05, 4.69) is 0 Å². The fraction of sp³-hybridized carbons (Fsp3) is 0.294. The Balaban J connectivity index is 2.58. The maximum Gasteiger partial charge on any atom is 0.403 e. The van der Waals surface area contributed by atoms with Crippen LogP contribution in [0.1, 0.15) is 11.1 Å². The maximum absolute atomic E-state index is 13.8. The van der Waals surface area contributed by atoms with Crippen LogP contribution in [0.3, 0.4) is 0 Å². The quantitative estimate of drug-likeness (QED) is 0.468. The van der Waals surface area contributed by atoms with Gasteiger partial charge in [0.1, 0.15) is 0 Å². The number of benzene rings is 2. The number of hydrogen-bond acceptors (Lipinski definition) is 4. The van der Waals surface area contributed by atoms with Crippen LogP contribution in [0.25, 0.3) is 0 Å². The highest BCUT2D eigenvalue weighted by Gasteiger charge is 2.69. The van der Waals surface area contributed by atoms with Gasteiger partial charge < -0.3 is 22.9 Å². The zero-order chi connectivity index (χ0) is 20.6. The molecular weight excluding hydrogens is 374 g/mol. The zero-order valence-electron chi connectivity index (χ0n) is 14.0. The molecule has 10 heteroatoms. The van der Waals surface area contributed by atoms with Gasteiger partial charge in [0, 0.05) is 0 Å². The molecule has 0 unspecified atom stereocenters. The summed E-state index contributed by atoms with van der Waals surface area (Å²) < 4.78 is 82.6. The molecule has 27 heavy (non-hydrogen) atoms. The van der Waals surface area contributed by atoms with E-state index in [-0.39, 0.29) is 33.9 Å². The van der Waals surface area contributed by atoms with Gasteiger partial charge in [-0.05, 0) is 48.2 Å². The molecule has 4 nitrogen and oxygen atoms in total. The highest BCUT2D eigenvalue weighted by molar-refractivity contribution is 5.65. The molecular formula is C17H18F6N4. The van der Waals surface area contributed by atoms with Crippen molar-refractivity contribution in [2.45, 2.75) is 25.2 Å². The number of halogens is 6. The Labute approximate surface area is 151 Å². The smallest absolute Gasteiger partial charge is 0.397 e. The summed E-state index contributed by atoms with van der Waals surface area (Å²) in [6, 6.07) is 6.55. The average Bonchev–Trinajstić information content (AvgIpc) is 2.51. The van der Waals surface area contributed by atoms with Crippen molar-refractivity contribution in [3.05, 3.63) is 47.5 Å². The van der Waals surface area contributed by atoms with Gasteiger partial charge in [0.15, 0.2) is 5.41 Å². The first-order chi connectivity index (χ1) is 12.3. The molecule has 0 atom stereocenters. The number of alkyl halides is 6. The molecule has 0 aliphatic carbocycles. The predicted octanol–water partition coefficient (Wildman–Crippen LogP) is 3.91. The SMILES string of the molecule is Nc1ccc(CC(Cc2ccc(N)c(N)c2)(C(F)(F)F)C(F)(F)F)cc1N. The largest absolute Gasteiger partial charge is 0.403 e. The van der Waals surface area contributed by atoms with Gasteiger partial charge in [-0.1, -0.05) is 12.1 Å². The monoisotopic (exact) mass is 392 g/mol. The Kier molecular flexibility index (Phi) is 5.13. The Morgan fingerprint density at radius 3 is 1.15 bits per heavy atom. The van der Waals surface area contributed by atoms with E-state index >= 15 is 0 Å².